The molecule has 0 aromatic heterocycles. The normalized spacial score (nSPS) is 10.4. The van der Waals surface area contributed by atoms with Crippen molar-refractivity contribution in [3.8, 4) is 0 Å². The number of halogens is 2. The van der Waals surface area contributed by atoms with Crippen molar-refractivity contribution < 1.29 is 9.53 Å². The van der Waals surface area contributed by atoms with E-state index in [0.29, 0.717) is 23.8 Å². The summed E-state index contributed by atoms with van der Waals surface area (Å²) in [7, 11) is 0. The quantitative estimate of drug-likeness (QED) is 0.717. The highest BCUT2D eigenvalue weighted by Crippen LogP contribution is 2.20. The second kappa shape index (κ2) is 7.77. The fourth-order valence-corrected chi connectivity index (χ4v) is 2.43. The second-order valence-corrected chi connectivity index (χ2v) is 5.99. The first-order chi connectivity index (χ1) is 10.1. The van der Waals surface area contributed by atoms with Crippen LogP contribution in [0.15, 0.2) is 42.5 Å². The van der Waals surface area contributed by atoms with Crippen LogP contribution in [0, 0.1) is 3.57 Å². The van der Waals surface area contributed by atoms with E-state index < -0.39 is 0 Å². The van der Waals surface area contributed by atoms with Gasteiger partial charge in [0.1, 0.15) is 0 Å². The predicted octanol–water partition coefficient (Wildman–Crippen LogP) is 4.73. The molecule has 0 fully saturated rings. The molecule has 110 valence electrons. The third kappa shape index (κ3) is 4.69. The maximum Gasteiger partial charge on any atom is 0.255 e. The molecule has 0 saturated heterocycles. The Hall–Kier alpha value is -1.11. The van der Waals surface area contributed by atoms with Crippen LogP contribution in [0.3, 0.4) is 0 Å². The molecular formula is C16H15ClINO2. The molecule has 0 spiro atoms. The summed E-state index contributed by atoms with van der Waals surface area (Å²) in [4.78, 5) is 12.2. The first-order valence-electron chi connectivity index (χ1n) is 6.53. The van der Waals surface area contributed by atoms with Crippen LogP contribution < -0.4 is 5.32 Å². The van der Waals surface area contributed by atoms with Crippen LogP contribution in [0.4, 0.5) is 5.69 Å². The minimum atomic E-state index is -0.154. The van der Waals surface area contributed by atoms with Crippen LogP contribution in [0.2, 0.25) is 5.02 Å². The average molecular weight is 416 g/mol. The van der Waals surface area contributed by atoms with Gasteiger partial charge in [-0.1, -0.05) is 23.7 Å². The fraction of sp³-hybridized carbons (Fsp3) is 0.188. The summed E-state index contributed by atoms with van der Waals surface area (Å²) in [6, 6.07) is 12.8. The van der Waals surface area contributed by atoms with Gasteiger partial charge in [0, 0.05) is 21.4 Å². The Morgan fingerprint density at radius 3 is 2.81 bits per heavy atom. The molecular weight excluding hydrogens is 401 g/mol. The molecule has 5 heteroatoms. The summed E-state index contributed by atoms with van der Waals surface area (Å²) < 4.78 is 6.22. The first kappa shape index (κ1) is 16.3. The molecule has 0 unspecified atom stereocenters. The van der Waals surface area contributed by atoms with Crippen molar-refractivity contribution in [2.75, 3.05) is 11.9 Å². The number of anilines is 1. The Morgan fingerprint density at radius 2 is 2.10 bits per heavy atom. The molecule has 1 N–H and O–H groups in total. The van der Waals surface area contributed by atoms with E-state index in [0.717, 1.165) is 14.8 Å². The van der Waals surface area contributed by atoms with E-state index in [-0.39, 0.29) is 5.91 Å². The van der Waals surface area contributed by atoms with Crippen molar-refractivity contribution in [2.24, 2.45) is 0 Å². The van der Waals surface area contributed by atoms with Crippen LogP contribution in [-0.2, 0) is 11.3 Å². The lowest BCUT2D eigenvalue weighted by Gasteiger charge is -2.08. The average Bonchev–Trinajstić information content (AvgIpc) is 2.48. The molecule has 0 atom stereocenters. The van der Waals surface area contributed by atoms with Crippen molar-refractivity contribution in [2.45, 2.75) is 13.5 Å². The van der Waals surface area contributed by atoms with E-state index in [9.17, 15) is 4.79 Å². The number of carbonyl (C=O) groups is 1. The van der Waals surface area contributed by atoms with Gasteiger partial charge in [-0.2, -0.15) is 0 Å². The van der Waals surface area contributed by atoms with Gasteiger partial charge in [0.15, 0.2) is 0 Å². The highest BCUT2D eigenvalue weighted by atomic mass is 127. The maximum atomic E-state index is 12.2. The zero-order valence-corrected chi connectivity index (χ0v) is 14.4. The lowest BCUT2D eigenvalue weighted by Crippen LogP contribution is -2.12. The van der Waals surface area contributed by atoms with Gasteiger partial charge in [-0.05, 0) is 65.4 Å². The van der Waals surface area contributed by atoms with Crippen molar-refractivity contribution in [1.29, 1.82) is 0 Å². The van der Waals surface area contributed by atoms with Crippen LogP contribution in [0.25, 0.3) is 0 Å². The molecule has 2 aromatic rings. The molecule has 0 aliphatic heterocycles. The van der Waals surface area contributed by atoms with Crippen molar-refractivity contribution >= 4 is 45.8 Å². The van der Waals surface area contributed by atoms with E-state index in [2.05, 4.69) is 27.9 Å². The number of benzene rings is 2. The summed E-state index contributed by atoms with van der Waals surface area (Å²) in [5.41, 5.74) is 2.36. The third-order valence-corrected chi connectivity index (χ3v) is 4.38. The topological polar surface area (TPSA) is 38.3 Å². The SMILES string of the molecule is CCOCc1cccc(NC(=O)c2ccc(Cl)c(I)c2)c1. The lowest BCUT2D eigenvalue weighted by atomic mass is 10.2. The highest BCUT2D eigenvalue weighted by molar-refractivity contribution is 14.1. The molecule has 2 aromatic carbocycles. The monoisotopic (exact) mass is 415 g/mol. The van der Waals surface area contributed by atoms with E-state index in [1.165, 1.54) is 0 Å². The van der Waals surface area contributed by atoms with Gasteiger partial charge in [0.25, 0.3) is 5.91 Å². The smallest absolute Gasteiger partial charge is 0.255 e. The molecule has 0 heterocycles. The van der Waals surface area contributed by atoms with Gasteiger partial charge in [-0.15, -0.1) is 0 Å². The zero-order chi connectivity index (χ0) is 15.2. The number of carbonyl (C=O) groups excluding carboxylic acids is 1. The van der Waals surface area contributed by atoms with Crippen LogP contribution in [0.5, 0.6) is 0 Å². The summed E-state index contributed by atoms with van der Waals surface area (Å²) in [5, 5.41) is 3.53. The van der Waals surface area contributed by atoms with Crippen LogP contribution in [-0.4, -0.2) is 12.5 Å². The van der Waals surface area contributed by atoms with E-state index in [1.807, 2.05) is 31.2 Å². The lowest BCUT2D eigenvalue weighted by molar-refractivity contribution is 0.102. The fourth-order valence-electron chi connectivity index (χ4n) is 1.80. The van der Waals surface area contributed by atoms with Gasteiger partial charge < -0.3 is 10.1 Å². The van der Waals surface area contributed by atoms with Gasteiger partial charge >= 0.3 is 0 Å². The minimum Gasteiger partial charge on any atom is -0.377 e. The molecule has 0 radical (unpaired) electrons. The Kier molecular flexibility index (Phi) is 6.02. The Labute approximate surface area is 142 Å². The Morgan fingerprint density at radius 1 is 1.29 bits per heavy atom. The third-order valence-electron chi connectivity index (χ3n) is 2.84. The minimum absolute atomic E-state index is 0.154. The number of hydrogen-bond donors (Lipinski definition) is 1. The largest absolute Gasteiger partial charge is 0.377 e. The van der Waals surface area contributed by atoms with Crippen molar-refractivity contribution in [1.82, 2.24) is 0 Å². The van der Waals surface area contributed by atoms with Gasteiger partial charge in [0.2, 0.25) is 0 Å². The Bertz CT molecular complexity index is 646. The number of amides is 1. The second-order valence-electron chi connectivity index (χ2n) is 4.42. The molecule has 21 heavy (non-hydrogen) atoms. The standard InChI is InChI=1S/C16H15ClINO2/c1-2-21-10-11-4-3-5-13(8-11)19-16(20)12-6-7-14(17)15(18)9-12/h3-9H,2,10H2,1H3,(H,19,20). The highest BCUT2D eigenvalue weighted by Gasteiger charge is 2.08. The van der Waals surface area contributed by atoms with Gasteiger partial charge in [0.05, 0.1) is 11.6 Å². The van der Waals surface area contributed by atoms with Crippen molar-refractivity contribution in [3.05, 3.63) is 62.2 Å². The van der Waals surface area contributed by atoms with Gasteiger partial charge in [-0.3, -0.25) is 4.79 Å². The molecule has 0 aliphatic rings. The van der Waals surface area contributed by atoms with E-state index >= 15 is 0 Å². The van der Waals surface area contributed by atoms with E-state index in [1.54, 1.807) is 18.2 Å². The molecule has 0 bridgehead atoms. The summed E-state index contributed by atoms with van der Waals surface area (Å²) >= 11 is 8.07. The number of rotatable bonds is 5. The summed E-state index contributed by atoms with van der Waals surface area (Å²) in [5.74, 6) is -0.154. The number of nitrogens with one attached hydrogen (secondary N) is 1. The predicted molar refractivity (Wildman–Crippen MR) is 93.9 cm³/mol. The van der Waals surface area contributed by atoms with Gasteiger partial charge in [-0.25, -0.2) is 0 Å². The molecule has 1 amide bonds. The Balaban J connectivity index is 2.10. The number of hydrogen-bond acceptors (Lipinski definition) is 2. The summed E-state index contributed by atoms with van der Waals surface area (Å²) in [6.07, 6.45) is 0. The molecule has 2 rings (SSSR count). The first-order valence-corrected chi connectivity index (χ1v) is 7.99. The number of ether oxygens (including phenoxy) is 1. The van der Waals surface area contributed by atoms with Crippen molar-refractivity contribution in [3.63, 3.8) is 0 Å². The van der Waals surface area contributed by atoms with Crippen LogP contribution in [0.1, 0.15) is 22.8 Å². The summed E-state index contributed by atoms with van der Waals surface area (Å²) in [6.45, 7) is 3.16. The molecule has 0 aliphatic carbocycles. The van der Waals surface area contributed by atoms with Crippen LogP contribution >= 0.6 is 34.2 Å². The molecule has 3 nitrogen and oxygen atoms in total. The van der Waals surface area contributed by atoms with E-state index in [4.69, 9.17) is 16.3 Å². The maximum absolute atomic E-state index is 12.2. The zero-order valence-electron chi connectivity index (χ0n) is 11.5. The molecule has 0 saturated carbocycles.